The molecule has 43 heavy (non-hydrogen) atoms. The van der Waals surface area contributed by atoms with Crippen molar-refractivity contribution in [2.45, 2.75) is 120 Å². The number of carbonyl (C=O) groups excluding carboxylic acids is 3. The Balaban J connectivity index is 1.49. The Bertz CT molecular complexity index is 1260. The third kappa shape index (κ3) is 6.87. The summed E-state index contributed by atoms with van der Waals surface area (Å²) in [5, 5.41) is 10.6. The predicted octanol–water partition coefficient (Wildman–Crippen LogP) is 3.51. The quantitative estimate of drug-likeness (QED) is 0.343. The Morgan fingerprint density at radius 1 is 0.884 bits per heavy atom. The van der Waals surface area contributed by atoms with Gasteiger partial charge >= 0.3 is 23.6 Å². The Labute approximate surface area is 251 Å². The van der Waals surface area contributed by atoms with E-state index < -0.39 is 53.6 Å². The third-order valence-corrected chi connectivity index (χ3v) is 9.43. The number of carbonyl (C=O) groups is 3. The summed E-state index contributed by atoms with van der Waals surface area (Å²) in [4.78, 5) is 56.8. The van der Waals surface area contributed by atoms with Crippen molar-refractivity contribution in [1.82, 2.24) is 9.55 Å². The number of hydrogen-bond acceptors (Lipinski definition) is 11. The van der Waals surface area contributed by atoms with Crippen LogP contribution in [0.5, 0.6) is 0 Å². The first-order chi connectivity index (χ1) is 20.8. The van der Waals surface area contributed by atoms with Gasteiger partial charge in [0, 0.05) is 6.20 Å². The van der Waals surface area contributed by atoms with Crippen molar-refractivity contribution in [3.8, 4) is 6.07 Å². The molecule has 1 aliphatic heterocycles. The monoisotopic (exact) mass is 598 g/mol. The van der Waals surface area contributed by atoms with Gasteiger partial charge in [-0.15, -0.1) is 0 Å². The lowest BCUT2D eigenvalue weighted by molar-refractivity contribution is -0.179. The van der Waals surface area contributed by atoms with Crippen LogP contribution in [-0.2, 0) is 39.1 Å². The van der Waals surface area contributed by atoms with Gasteiger partial charge in [-0.1, -0.05) is 57.8 Å². The molecule has 2 N–H and O–H groups in total. The van der Waals surface area contributed by atoms with Crippen LogP contribution >= 0.6 is 0 Å². The number of anilines is 1. The molecule has 234 valence electrons. The van der Waals surface area contributed by atoms with E-state index in [4.69, 9.17) is 24.7 Å². The van der Waals surface area contributed by atoms with Crippen molar-refractivity contribution in [2.24, 2.45) is 17.8 Å². The molecule has 1 aromatic heterocycles. The summed E-state index contributed by atoms with van der Waals surface area (Å²) >= 11 is 0. The fourth-order valence-electron chi connectivity index (χ4n) is 6.95. The average molecular weight is 599 g/mol. The number of ether oxygens (including phenoxy) is 4. The summed E-state index contributed by atoms with van der Waals surface area (Å²) in [5.41, 5.74) is 2.56. The molecule has 3 saturated carbocycles. The summed E-state index contributed by atoms with van der Waals surface area (Å²) in [6.45, 7) is -0.351. The van der Waals surface area contributed by atoms with Crippen LogP contribution in [0, 0.1) is 29.1 Å². The first-order valence-electron chi connectivity index (χ1n) is 15.8. The van der Waals surface area contributed by atoms with Crippen molar-refractivity contribution in [3.63, 3.8) is 0 Å². The second kappa shape index (κ2) is 13.9. The maximum Gasteiger partial charge on any atom is 0.352 e. The molecule has 1 saturated heterocycles. The molecule has 0 amide bonds. The Hall–Kier alpha value is -3.46. The van der Waals surface area contributed by atoms with Crippen molar-refractivity contribution < 1.29 is 33.3 Å². The first-order valence-corrected chi connectivity index (χ1v) is 15.8. The minimum absolute atomic E-state index is 0.0682. The number of rotatable bonds is 8. The molecule has 5 rings (SSSR count). The second-order valence-electron chi connectivity index (χ2n) is 12.4. The Morgan fingerprint density at radius 2 is 1.40 bits per heavy atom. The zero-order chi connectivity index (χ0) is 30.4. The fourth-order valence-corrected chi connectivity index (χ4v) is 6.95. The van der Waals surface area contributed by atoms with E-state index in [2.05, 4.69) is 4.98 Å². The Morgan fingerprint density at radius 3 is 1.91 bits per heavy atom. The predicted molar refractivity (Wildman–Crippen MR) is 152 cm³/mol. The minimum Gasteiger partial charge on any atom is -0.463 e. The Kier molecular flexibility index (Phi) is 10.0. The lowest BCUT2D eigenvalue weighted by atomic mass is 9.89. The van der Waals surface area contributed by atoms with Crippen LogP contribution in [0.25, 0.3) is 0 Å². The summed E-state index contributed by atoms with van der Waals surface area (Å²) in [6, 6.07) is 3.35. The fraction of sp³-hybridized carbons (Fsp3) is 0.742. The number of hydrogen-bond donors (Lipinski definition) is 1. The summed E-state index contributed by atoms with van der Waals surface area (Å²) in [7, 11) is 0. The first kappa shape index (κ1) is 31.0. The summed E-state index contributed by atoms with van der Waals surface area (Å²) in [6.07, 6.45) is 9.72. The van der Waals surface area contributed by atoms with Crippen LogP contribution < -0.4 is 11.4 Å². The van der Waals surface area contributed by atoms with Crippen LogP contribution in [0.3, 0.4) is 0 Å². The molecule has 2 heterocycles. The summed E-state index contributed by atoms with van der Waals surface area (Å²) < 4.78 is 24.9. The number of nitrogens with two attached hydrogens (primary N) is 1. The summed E-state index contributed by atoms with van der Waals surface area (Å²) in [5.74, 6) is -2.51. The van der Waals surface area contributed by atoms with E-state index in [1.165, 1.54) is 12.3 Å². The van der Waals surface area contributed by atoms with Gasteiger partial charge < -0.3 is 24.7 Å². The number of nitrogen functional groups attached to an aromatic ring is 1. The molecular formula is C31H42N4O8. The molecule has 0 spiro atoms. The SMILES string of the molecule is N#CC1(n2ccc(N)nc2=O)OC(COC(=O)C2CCCCC2)C(OC(=O)C2CCCCC2)C1OC(=O)C1CCCCC1. The van der Waals surface area contributed by atoms with Gasteiger partial charge in [0.2, 0.25) is 6.10 Å². The van der Waals surface area contributed by atoms with E-state index in [9.17, 15) is 24.4 Å². The molecule has 12 nitrogen and oxygen atoms in total. The van der Waals surface area contributed by atoms with Crippen LogP contribution in [-0.4, -0.2) is 52.4 Å². The van der Waals surface area contributed by atoms with E-state index in [1.54, 1.807) is 0 Å². The van der Waals surface area contributed by atoms with Crippen LogP contribution in [0.2, 0.25) is 0 Å². The van der Waals surface area contributed by atoms with Crippen molar-refractivity contribution >= 4 is 23.7 Å². The van der Waals surface area contributed by atoms with Crippen LogP contribution in [0.4, 0.5) is 5.82 Å². The average Bonchev–Trinajstić information content (AvgIpc) is 3.33. The maximum atomic E-state index is 13.5. The number of esters is 3. The highest BCUT2D eigenvalue weighted by atomic mass is 16.7. The highest BCUT2D eigenvalue weighted by Crippen LogP contribution is 2.41. The number of nitrogens with zero attached hydrogens (tertiary/aromatic N) is 3. The van der Waals surface area contributed by atoms with Crippen LogP contribution in [0.15, 0.2) is 17.1 Å². The molecule has 4 aliphatic rings. The third-order valence-electron chi connectivity index (χ3n) is 9.43. The van der Waals surface area contributed by atoms with Gasteiger partial charge in [0.05, 0.1) is 17.8 Å². The van der Waals surface area contributed by atoms with E-state index in [1.807, 2.05) is 6.07 Å². The molecule has 12 heteroatoms. The normalized spacial score (nSPS) is 29.0. The van der Waals surface area contributed by atoms with Gasteiger partial charge in [-0.05, 0) is 44.6 Å². The van der Waals surface area contributed by atoms with E-state index >= 15 is 0 Å². The van der Waals surface area contributed by atoms with Gasteiger partial charge in [-0.3, -0.25) is 19.0 Å². The van der Waals surface area contributed by atoms with Gasteiger partial charge in [0.15, 0.2) is 6.10 Å². The topological polar surface area (TPSA) is 173 Å². The van der Waals surface area contributed by atoms with Crippen molar-refractivity contribution in [3.05, 3.63) is 22.7 Å². The van der Waals surface area contributed by atoms with E-state index in [0.717, 1.165) is 75.2 Å². The van der Waals surface area contributed by atoms with Gasteiger partial charge in [0.25, 0.3) is 5.72 Å². The van der Waals surface area contributed by atoms with Gasteiger partial charge in [0.1, 0.15) is 24.6 Å². The molecule has 0 radical (unpaired) electrons. The highest BCUT2D eigenvalue weighted by molar-refractivity contribution is 5.74. The molecular weight excluding hydrogens is 556 g/mol. The largest absolute Gasteiger partial charge is 0.463 e. The molecule has 4 atom stereocenters. The molecule has 4 unspecified atom stereocenters. The molecule has 0 bridgehead atoms. The van der Waals surface area contributed by atoms with E-state index in [-0.39, 0.29) is 24.3 Å². The van der Waals surface area contributed by atoms with Gasteiger partial charge in [-0.2, -0.15) is 10.2 Å². The second-order valence-corrected chi connectivity index (χ2v) is 12.4. The van der Waals surface area contributed by atoms with Crippen LogP contribution in [0.1, 0.15) is 96.3 Å². The highest BCUT2D eigenvalue weighted by Gasteiger charge is 2.63. The minimum atomic E-state index is -2.25. The molecule has 3 aliphatic carbocycles. The zero-order valence-electron chi connectivity index (χ0n) is 24.6. The maximum absolute atomic E-state index is 13.5. The number of nitriles is 1. The number of aromatic nitrogens is 2. The lowest BCUT2D eigenvalue weighted by Gasteiger charge is -2.32. The molecule has 0 aromatic carbocycles. The molecule has 1 aromatic rings. The zero-order valence-corrected chi connectivity index (χ0v) is 24.6. The smallest absolute Gasteiger partial charge is 0.352 e. The van der Waals surface area contributed by atoms with Crippen molar-refractivity contribution in [1.29, 1.82) is 5.26 Å². The van der Waals surface area contributed by atoms with Gasteiger partial charge in [-0.25, -0.2) is 4.79 Å². The standard InChI is InChI=1S/C31H42N4O8/c32-19-31(35-17-16-24(33)34-30(35)39)26(42-29(38)22-14-8-3-9-15-22)25(41-28(37)21-12-6-2-7-13-21)23(43-31)18-40-27(36)20-10-4-1-5-11-20/h16-17,20-23,25-26H,1-15,18H2,(H2,33,34,39). The molecule has 4 fully saturated rings. The lowest BCUT2D eigenvalue weighted by Crippen LogP contribution is -2.53. The van der Waals surface area contributed by atoms with E-state index in [0.29, 0.717) is 25.7 Å². The van der Waals surface area contributed by atoms with Crippen molar-refractivity contribution in [2.75, 3.05) is 12.3 Å².